The van der Waals surface area contributed by atoms with E-state index >= 15 is 0 Å². The van der Waals surface area contributed by atoms with Crippen LogP contribution in [0.4, 0.5) is 0 Å². The summed E-state index contributed by atoms with van der Waals surface area (Å²) in [6, 6.07) is 1.97. The van der Waals surface area contributed by atoms with E-state index in [4.69, 9.17) is 4.52 Å². The first-order valence-electron chi connectivity index (χ1n) is 5.98. The predicted molar refractivity (Wildman–Crippen MR) is 63.1 cm³/mol. The van der Waals surface area contributed by atoms with Crippen LogP contribution in [0.15, 0.2) is 34.8 Å². The zero-order valence-electron chi connectivity index (χ0n) is 10.2. The number of rotatable bonds is 6. The molecule has 0 spiro atoms. The summed E-state index contributed by atoms with van der Waals surface area (Å²) >= 11 is 0. The second kappa shape index (κ2) is 5.74. The lowest BCUT2D eigenvalue weighted by molar-refractivity contribution is -0.881. The van der Waals surface area contributed by atoms with Gasteiger partial charge in [-0.2, -0.15) is 0 Å². The van der Waals surface area contributed by atoms with Gasteiger partial charge in [0.2, 0.25) is 12.2 Å². The highest BCUT2D eigenvalue weighted by atomic mass is 16.6. The third-order valence-corrected chi connectivity index (χ3v) is 3.02. The largest absolute Gasteiger partial charge is 0.289 e. The summed E-state index contributed by atoms with van der Waals surface area (Å²) in [5.41, 5.74) is 0.189. The monoisotopic (exact) mass is 253 g/mol. The van der Waals surface area contributed by atoms with Gasteiger partial charge in [-0.15, -0.1) is 0 Å². The van der Waals surface area contributed by atoms with Gasteiger partial charge in [0.15, 0.2) is 12.4 Å². The second-order valence-electron chi connectivity index (χ2n) is 4.14. The van der Waals surface area contributed by atoms with Crippen molar-refractivity contribution in [3.05, 3.63) is 40.4 Å². The molecule has 98 valence electrons. The molecule has 0 aliphatic carbocycles. The molecule has 7 heteroatoms. The van der Waals surface area contributed by atoms with Gasteiger partial charge in [-0.1, -0.05) is 6.92 Å². The molecule has 0 aromatic carbocycles. The first-order chi connectivity index (χ1) is 8.72. The Hall–Kier alpha value is -1.73. The molecule has 0 saturated heterocycles. The Kier molecular flexibility index (Phi) is 4.06. The van der Waals surface area contributed by atoms with Crippen molar-refractivity contribution in [1.82, 2.24) is 10.6 Å². The van der Waals surface area contributed by atoms with Crippen LogP contribution in [0.5, 0.6) is 0 Å². The van der Waals surface area contributed by atoms with Crippen molar-refractivity contribution in [3.8, 4) is 0 Å². The van der Waals surface area contributed by atoms with Crippen LogP contribution < -0.4 is 15.4 Å². The third-order valence-electron chi connectivity index (χ3n) is 3.02. The van der Waals surface area contributed by atoms with Gasteiger partial charge in [0.25, 0.3) is 5.70 Å². The van der Waals surface area contributed by atoms with E-state index in [1.54, 1.807) is 17.1 Å². The lowest BCUT2D eigenvalue weighted by atomic mass is 10.2. The molecule has 2 rings (SSSR count). The Morgan fingerprint density at radius 2 is 2.61 bits per heavy atom. The Bertz CT molecular complexity index is 430. The van der Waals surface area contributed by atoms with Crippen LogP contribution in [0, 0.1) is 10.1 Å². The van der Waals surface area contributed by atoms with Crippen molar-refractivity contribution in [2.24, 2.45) is 0 Å². The van der Waals surface area contributed by atoms with Crippen molar-refractivity contribution in [3.63, 3.8) is 0 Å². The van der Waals surface area contributed by atoms with E-state index in [9.17, 15) is 10.1 Å². The summed E-state index contributed by atoms with van der Waals surface area (Å²) in [6.07, 6.45) is 5.55. The zero-order valence-corrected chi connectivity index (χ0v) is 10.2. The lowest BCUT2D eigenvalue weighted by Crippen LogP contribution is -2.49. The standard InChI is InChI=1S/C11H17N4O3/c1-2-9(14-6-3-7-18-14)8-13-11-10(15(16)17)4-5-12-11/h3-4,6-7,9,11-13H,2,5,8H2,1H3/q+1. The highest BCUT2D eigenvalue weighted by Gasteiger charge is 2.30. The van der Waals surface area contributed by atoms with Crippen molar-refractivity contribution >= 4 is 0 Å². The maximum absolute atomic E-state index is 10.8. The Morgan fingerprint density at radius 1 is 1.78 bits per heavy atom. The molecule has 0 radical (unpaired) electrons. The quantitative estimate of drug-likeness (QED) is 0.430. The fourth-order valence-corrected chi connectivity index (χ4v) is 2.00. The van der Waals surface area contributed by atoms with Crippen LogP contribution in [-0.4, -0.2) is 24.2 Å². The number of hydrogen-bond acceptors (Lipinski definition) is 5. The van der Waals surface area contributed by atoms with Gasteiger partial charge >= 0.3 is 0 Å². The van der Waals surface area contributed by atoms with Crippen LogP contribution >= 0.6 is 0 Å². The minimum atomic E-state index is -0.385. The average Bonchev–Trinajstić information content (AvgIpc) is 2.99. The summed E-state index contributed by atoms with van der Waals surface area (Å²) in [5.74, 6) is 0. The Balaban J connectivity index is 1.91. The molecule has 1 aliphatic rings. The Labute approximate surface area is 105 Å². The van der Waals surface area contributed by atoms with E-state index in [1.165, 1.54) is 0 Å². The molecule has 0 amide bonds. The number of nitrogens with one attached hydrogen (secondary N) is 2. The van der Waals surface area contributed by atoms with E-state index in [0.29, 0.717) is 13.1 Å². The van der Waals surface area contributed by atoms with E-state index in [2.05, 4.69) is 10.6 Å². The normalized spacial score (nSPS) is 20.7. The first-order valence-corrected chi connectivity index (χ1v) is 5.98. The molecule has 18 heavy (non-hydrogen) atoms. The van der Waals surface area contributed by atoms with Gasteiger partial charge < -0.3 is 0 Å². The molecule has 7 nitrogen and oxygen atoms in total. The van der Waals surface area contributed by atoms with Gasteiger partial charge in [0.1, 0.15) is 0 Å². The van der Waals surface area contributed by atoms with Crippen LogP contribution in [0.25, 0.3) is 0 Å². The molecule has 2 unspecified atom stereocenters. The molecule has 1 aromatic rings. The van der Waals surface area contributed by atoms with Gasteiger partial charge in [-0.3, -0.25) is 20.7 Å². The summed E-state index contributed by atoms with van der Waals surface area (Å²) in [4.78, 5) is 10.4. The molecule has 0 bridgehead atoms. The molecular formula is C11H17N4O3+. The van der Waals surface area contributed by atoms with E-state index < -0.39 is 0 Å². The van der Waals surface area contributed by atoms with Crippen molar-refractivity contribution in [1.29, 1.82) is 0 Å². The van der Waals surface area contributed by atoms with Gasteiger partial charge in [-0.05, 0) is 4.74 Å². The fourth-order valence-electron chi connectivity index (χ4n) is 2.00. The van der Waals surface area contributed by atoms with Gasteiger partial charge in [0, 0.05) is 25.1 Å². The van der Waals surface area contributed by atoms with Crippen molar-refractivity contribution in [2.75, 3.05) is 13.1 Å². The molecule has 1 aromatic heterocycles. The van der Waals surface area contributed by atoms with E-state index in [1.807, 2.05) is 19.2 Å². The SMILES string of the molecule is CCC(CNC1NCC=C1[N+](=O)[O-])[n+]1ccco1. The van der Waals surface area contributed by atoms with Crippen LogP contribution in [-0.2, 0) is 0 Å². The van der Waals surface area contributed by atoms with E-state index in [-0.39, 0.29) is 22.8 Å². The van der Waals surface area contributed by atoms with Crippen LogP contribution in [0.3, 0.4) is 0 Å². The van der Waals surface area contributed by atoms with Gasteiger partial charge in [-0.25, -0.2) is 4.52 Å². The number of nitro groups is 1. The van der Waals surface area contributed by atoms with Crippen molar-refractivity contribution < 1.29 is 14.2 Å². The number of hydrogen-bond donors (Lipinski definition) is 2. The number of aromatic nitrogens is 1. The smallest absolute Gasteiger partial charge is 0.274 e. The topological polar surface area (TPSA) is 84.2 Å². The molecule has 2 atom stereocenters. The zero-order chi connectivity index (χ0) is 13.0. The number of nitrogens with zero attached hydrogens (tertiary/aromatic N) is 2. The van der Waals surface area contributed by atoms with Gasteiger partial charge in [0.05, 0.1) is 11.5 Å². The second-order valence-corrected chi connectivity index (χ2v) is 4.14. The van der Waals surface area contributed by atoms with Crippen LogP contribution in [0.1, 0.15) is 19.4 Å². The first kappa shape index (κ1) is 12.7. The summed E-state index contributed by atoms with van der Waals surface area (Å²) < 4.78 is 7.03. The maximum Gasteiger partial charge on any atom is 0.274 e. The average molecular weight is 253 g/mol. The minimum absolute atomic E-state index is 0.149. The maximum atomic E-state index is 10.8. The Morgan fingerprint density at radius 3 is 3.22 bits per heavy atom. The lowest BCUT2D eigenvalue weighted by Gasteiger charge is -2.13. The fraction of sp³-hybridized carbons (Fsp3) is 0.545. The van der Waals surface area contributed by atoms with Crippen LogP contribution in [0.2, 0.25) is 0 Å². The summed E-state index contributed by atoms with van der Waals surface area (Å²) in [6.45, 7) is 3.18. The molecule has 0 saturated carbocycles. The highest BCUT2D eigenvalue weighted by Crippen LogP contribution is 2.08. The van der Waals surface area contributed by atoms with E-state index in [0.717, 1.165) is 6.42 Å². The molecule has 0 fully saturated rings. The van der Waals surface area contributed by atoms with Crippen molar-refractivity contribution in [2.45, 2.75) is 25.6 Å². The highest BCUT2D eigenvalue weighted by molar-refractivity contribution is 5.08. The molecule has 1 aliphatic heterocycles. The molecule has 2 N–H and O–H groups in total. The minimum Gasteiger partial charge on any atom is -0.289 e. The molecular weight excluding hydrogens is 236 g/mol. The summed E-state index contributed by atoms with van der Waals surface area (Å²) in [5, 5.41) is 17.0. The predicted octanol–water partition coefficient (Wildman–Crippen LogP) is 0.198. The summed E-state index contributed by atoms with van der Waals surface area (Å²) in [7, 11) is 0. The molecule has 2 heterocycles. The third kappa shape index (κ3) is 2.74.